The topological polar surface area (TPSA) is 32.3 Å². The van der Waals surface area contributed by atoms with Gasteiger partial charge in [0.15, 0.2) is 0 Å². The van der Waals surface area contributed by atoms with Gasteiger partial charge in [-0.3, -0.25) is 0 Å². The summed E-state index contributed by atoms with van der Waals surface area (Å²) in [7, 11) is 0. The van der Waals surface area contributed by atoms with Crippen LogP contribution in [0.15, 0.2) is 42.5 Å². The summed E-state index contributed by atoms with van der Waals surface area (Å²) >= 11 is 12.0. The fourth-order valence-corrected chi connectivity index (χ4v) is 2.72. The van der Waals surface area contributed by atoms with E-state index in [-0.39, 0.29) is 0 Å². The van der Waals surface area contributed by atoms with Crippen LogP contribution in [0.5, 0.6) is 5.75 Å². The molecule has 0 spiro atoms. The SMILES string of the molecule is CC(CCc1ccc(O)cc1)NCc1cc(Cl)cc(Cl)c1. The highest BCUT2D eigenvalue weighted by Gasteiger charge is 2.04. The molecular formula is C17H19Cl2NO. The maximum atomic E-state index is 9.26. The van der Waals surface area contributed by atoms with E-state index in [2.05, 4.69) is 12.2 Å². The lowest BCUT2D eigenvalue weighted by atomic mass is 10.1. The summed E-state index contributed by atoms with van der Waals surface area (Å²) in [5, 5.41) is 14.0. The lowest BCUT2D eigenvalue weighted by Gasteiger charge is -2.14. The van der Waals surface area contributed by atoms with Crippen LogP contribution in [0.2, 0.25) is 10.0 Å². The van der Waals surface area contributed by atoms with Gasteiger partial charge in [0.1, 0.15) is 5.75 Å². The zero-order chi connectivity index (χ0) is 15.2. The first kappa shape index (κ1) is 16.2. The number of nitrogens with one attached hydrogen (secondary N) is 1. The van der Waals surface area contributed by atoms with Gasteiger partial charge in [-0.1, -0.05) is 35.3 Å². The Morgan fingerprint density at radius 2 is 1.62 bits per heavy atom. The van der Waals surface area contributed by atoms with Crippen molar-refractivity contribution in [1.82, 2.24) is 5.32 Å². The minimum atomic E-state index is 0.308. The van der Waals surface area contributed by atoms with Gasteiger partial charge >= 0.3 is 0 Å². The Balaban J connectivity index is 1.79. The molecule has 2 rings (SSSR count). The molecule has 0 radical (unpaired) electrons. The van der Waals surface area contributed by atoms with Crippen molar-refractivity contribution in [2.45, 2.75) is 32.4 Å². The van der Waals surface area contributed by atoms with Gasteiger partial charge in [0.25, 0.3) is 0 Å². The van der Waals surface area contributed by atoms with Crippen LogP contribution >= 0.6 is 23.2 Å². The predicted octanol–water partition coefficient (Wildman–Crippen LogP) is 4.81. The third-order valence-corrected chi connectivity index (χ3v) is 3.82. The third-order valence-electron chi connectivity index (χ3n) is 3.38. The van der Waals surface area contributed by atoms with Gasteiger partial charge in [-0.15, -0.1) is 0 Å². The zero-order valence-corrected chi connectivity index (χ0v) is 13.5. The van der Waals surface area contributed by atoms with Crippen molar-refractivity contribution < 1.29 is 5.11 Å². The summed E-state index contributed by atoms with van der Waals surface area (Å²) in [6.45, 7) is 2.91. The average Bonchev–Trinajstić information content (AvgIpc) is 2.43. The highest BCUT2D eigenvalue weighted by molar-refractivity contribution is 6.34. The third kappa shape index (κ3) is 5.58. The fraction of sp³-hybridized carbons (Fsp3) is 0.294. The average molecular weight is 324 g/mol. The van der Waals surface area contributed by atoms with Crippen LogP contribution in [0, 0.1) is 0 Å². The Bertz CT molecular complexity index is 564. The molecule has 0 aliphatic heterocycles. The van der Waals surface area contributed by atoms with Crippen LogP contribution in [0.3, 0.4) is 0 Å². The monoisotopic (exact) mass is 323 g/mol. The standard InChI is InChI=1S/C17H19Cl2NO/c1-12(2-3-13-4-6-17(21)7-5-13)20-11-14-8-15(18)10-16(19)9-14/h4-10,12,20-21H,2-3,11H2,1H3. The minimum Gasteiger partial charge on any atom is -0.508 e. The molecule has 0 saturated carbocycles. The molecule has 1 atom stereocenters. The van der Waals surface area contributed by atoms with Crippen molar-refractivity contribution in [3.8, 4) is 5.75 Å². The Morgan fingerprint density at radius 1 is 1.00 bits per heavy atom. The molecule has 0 aliphatic carbocycles. The smallest absolute Gasteiger partial charge is 0.115 e. The van der Waals surface area contributed by atoms with Gasteiger partial charge in [0.2, 0.25) is 0 Å². The zero-order valence-electron chi connectivity index (χ0n) is 11.9. The van der Waals surface area contributed by atoms with Crippen LogP contribution < -0.4 is 5.32 Å². The second-order valence-corrected chi connectivity index (χ2v) is 6.14. The Hall–Kier alpha value is -1.22. The maximum absolute atomic E-state index is 9.26. The number of hydrogen-bond acceptors (Lipinski definition) is 2. The Labute approximate surface area is 135 Å². The van der Waals surface area contributed by atoms with E-state index in [1.54, 1.807) is 18.2 Å². The van der Waals surface area contributed by atoms with Gasteiger partial charge < -0.3 is 10.4 Å². The van der Waals surface area contributed by atoms with E-state index < -0.39 is 0 Å². The van der Waals surface area contributed by atoms with Crippen LogP contribution in [0.1, 0.15) is 24.5 Å². The van der Waals surface area contributed by atoms with E-state index in [0.717, 1.165) is 24.9 Å². The van der Waals surface area contributed by atoms with Gasteiger partial charge in [0.05, 0.1) is 0 Å². The Kier molecular flexibility index (Phi) is 5.92. The molecule has 2 aromatic rings. The number of rotatable bonds is 6. The van der Waals surface area contributed by atoms with E-state index in [0.29, 0.717) is 21.8 Å². The van der Waals surface area contributed by atoms with Crippen molar-refractivity contribution in [2.75, 3.05) is 0 Å². The molecule has 4 heteroatoms. The van der Waals surface area contributed by atoms with Gasteiger partial charge in [-0.2, -0.15) is 0 Å². The van der Waals surface area contributed by atoms with Gasteiger partial charge in [-0.25, -0.2) is 0 Å². The lowest BCUT2D eigenvalue weighted by Crippen LogP contribution is -2.25. The van der Waals surface area contributed by atoms with Crippen molar-refractivity contribution in [3.63, 3.8) is 0 Å². The molecular weight excluding hydrogens is 305 g/mol. The quantitative estimate of drug-likeness (QED) is 0.799. The lowest BCUT2D eigenvalue weighted by molar-refractivity contribution is 0.474. The number of phenols is 1. The first-order chi connectivity index (χ1) is 10.0. The van der Waals surface area contributed by atoms with Gasteiger partial charge in [0, 0.05) is 22.6 Å². The number of benzene rings is 2. The molecule has 2 N–H and O–H groups in total. The van der Waals surface area contributed by atoms with Crippen LogP contribution in [-0.2, 0) is 13.0 Å². The maximum Gasteiger partial charge on any atom is 0.115 e. The molecule has 0 aliphatic rings. The van der Waals surface area contributed by atoms with E-state index in [1.807, 2.05) is 24.3 Å². The number of phenolic OH excluding ortho intramolecular Hbond substituents is 1. The van der Waals surface area contributed by atoms with Crippen LogP contribution in [0.4, 0.5) is 0 Å². The summed E-state index contributed by atoms with van der Waals surface area (Å²) in [6.07, 6.45) is 2.00. The van der Waals surface area contributed by atoms with E-state index in [1.165, 1.54) is 5.56 Å². The van der Waals surface area contributed by atoms with Crippen molar-refractivity contribution in [3.05, 3.63) is 63.6 Å². The Morgan fingerprint density at radius 3 is 2.24 bits per heavy atom. The van der Waals surface area contributed by atoms with E-state index >= 15 is 0 Å². The molecule has 0 heterocycles. The summed E-state index contributed by atoms with van der Waals surface area (Å²) in [6, 6.07) is 13.3. The second kappa shape index (κ2) is 7.69. The summed E-state index contributed by atoms with van der Waals surface area (Å²) in [5.41, 5.74) is 2.32. The summed E-state index contributed by atoms with van der Waals surface area (Å²) in [4.78, 5) is 0. The highest BCUT2D eigenvalue weighted by Crippen LogP contribution is 2.19. The molecule has 2 nitrogen and oxygen atoms in total. The van der Waals surface area contributed by atoms with Crippen molar-refractivity contribution in [1.29, 1.82) is 0 Å². The normalized spacial score (nSPS) is 12.3. The molecule has 1 unspecified atom stereocenters. The molecule has 2 aromatic carbocycles. The largest absolute Gasteiger partial charge is 0.508 e. The molecule has 21 heavy (non-hydrogen) atoms. The minimum absolute atomic E-state index is 0.308. The van der Waals surface area contributed by atoms with Crippen molar-refractivity contribution >= 4 is 23.2 Å². The summed E-state index contributed by atoms with van der Waals surface area (Å²) in [5.74, 6) is 0.308. The van der Waals surface area contributed by atoms with E-state index in [9.17, 15) is 5.11 Å². The summed E-state index contributed by atoms with van der Waals surface area (Å²) < 4.78 is 0. The number of halogens is 2. The van der Waals surface area contributed by atoms with Crippen LogP contribution in [0.25, 0.3) is 0 Å². The second-order valence-electron chi connectivity index (χ2n) is 5.26. The number of aryl methyl sites for hydroxylation is 1. The molecule has 0 saturated heterocycles. The molecule has 0 aromatic heterocycles. The molecule has 0 amide bonds. The van der Waals surface area contributed by atoms with E-state index in [4.69, 9.17) is 23.2 Å². The number of hydrogen-bond donors (Lipinski definition) is 2. The first-order valence-corrected chi connectivity index (χ1v) is 7.75. The predicted molar refractivity (Wildman–Crippen MR) is 89.2 cm³/mol. The number of aromatic hydroxyl groups is 1. The van der Waals surface area contributed by atoms with Crippen molar-refractivity contribution in [2.24, 2.45) is 0 Å². The highest BCUT2D eigenvalue weighted by atomic mass is 35.5. The molecule has 0 bridgehead atoms. The van der Waals surface area contributed by atoms with Gasteiger partial charge in [-0.05, 0) is 61.2 Å². The van der Waals surface area contributed by atoms with Crippen LogP contribution in [-0.4, -0.2) is 11.1 Å². The first-order valence-electron chi connectivity index (χ1n) is 6.99. The molecule has 112 valence electrons. The fourth-order valence-electron chi connectivity index (χ4n) is 2.15. The molecule has 0 fully saturated rings.